The molecule has 0 heterocycles. The molecule has 2 rings (SSSR count). The maximum absolute atomic E-state index is 12.9. The molecule has 0 radical (unpaired) electrons. The van der Waals surface area contributed by atoms with E-state index in [4.69, 9.17) is 0 Å². The van der Waals surface area contributed by atoms with Gasteiger partial charge in [0.25, 0.3) is 0 Å². The molecule has 15 heavy (non-hydrogen) atoms. The molecule has 0 aromatic heterocycles. The molecule has 1 nitrogen and oxygen atoms in total. The van der Waals surface area contributed by atoms with Gasteiger partial charge in [0.2, 0.25) is 0 Å². The Morgan fingerprint density at radius 3 is 2.07 bits per heavy atom. The third kappa shape index (κ3) is 1.96. The minimum Gasteiger partial charge on any atom is -0.507 e. The largest absolute Gasteiger partial charge is 0.507 e. The molecule has 2 aromatic rings. The van der Waals surface area contributed by atoms with E-state index in [0.717, 1.165) is 6.07 Å². The first kappa shape index (κ1) is 9.65. The van der Waals surface area contributed by atoms with Gasteiger partial charge in [-0.2, -0.15) is 0 Å². The number of para-hydroxylation sites is 1. The SMILES string of the molecule is Oc1ccccc1-c1cc(F)cc(F)c1. The van der Waals surface area contributed by atoms with Crippen LogP contribution in [0.5, 0.6) is 5.75 Å². The topological polar surface area (TPSA) is 20.2 Å². The maximum Gasteiger partial charge on any atom is 0.126 e. The van der Waals surface area contributed by atoms with E-state index in [9.17, 15) is 13.9 Å². The average molecular weight is 206 g/mol. The minimum absolute atomic E-state index is 0.00231. The molecule has 0 spiro atoms. The van der Waals surface area contributed by atoms with Gasteiger partial charge in [0, 0.05) is 11.6 Å². The Bertz CT molecular complexity index is 474. The summed E-state index contributed by atoms with van der Waals surface area (Å²) < 4.78 is 25.8. The summed E-state index contributed by atoms with van der Waals surface area (Å²) >= 11 is 0. The van der Waals surface area contributed by atoms with Gasteiger partial charge in [0.15, 0.2) is 0 Å². The summed E-state index contributed by atoms with van der Waals surface area (Å²) in [6.07, 6.45) is 0. The van der Waals surface area contributed by atoms with E-state index in [1.807, 2.05) is 0 Å². The second-order valence-corrected chi connectivity index (χ2v) is 3.18. The molecule has 76 valence electrons. The van der Waals surface area contributed by atoms with Crippen LogP contribution in [0.15, 0.2) is 42.5 Å². The Morgan fingerprint density at radius 2 is 1.47 bits per heavy atom. The summed E-state index contributed by atoms with van der Waals surface area (Å²) in [5, 5.41) is 9.50. The first-order chi connectivity index (χ1) is 7.16. The first-order valence-corrected chi connectivity index (χ1v) is 4.41. The fourth-order valence-electron chi connectivity index (χ4n) is 1.43. The van der Waals surface area contributed by atoms with Crippen LogP contribution in [0, 0.1) is 11.6 Å². The van der Waals surface area contributed by atoms with Crippen molar-refractivity contribution in [2.45, 2.75) is 0 Å². The van der Waals surface area contributed by atoms with E-state index in [1.165, 1.54) is 18.2 Å². The molecule has 3 heteroatoms. The van der Waals surface area contributed by atoms with Gasteiger partial charge in [-0.3, -0.25) is 0 Å². The monoisotopic (exact) mass is 206 g/mol. The van der Waals surface area contributed by atoms with Crippen molar-refractivity contribution >= 4 is 0 Å². The smallest absolute Gasteiger partial charge is 0.126 e. The zero-order chi connectivity index (χ0) is 10.8. The highest BCUT2D eigenvalue weighted by molar-refractivity contribution is 5.69. The molecule has 0 fully saturated rings. The van der Waals surface area contributed by atoms with Gasteiger partial charge in [0.1, 0.15) is 17.4 Å². The maximum atomic E-state index is 12.9. The van der Waals surface area contributed by atoms with E-state index in [0.29, 0.717) is 11.1 Å². The van der Waals surface area contributed by atoms with Gasteiger partial charge in [-0.25, -0.2) is 8.78 Å². The van der Waals surface area contributed by atoms with Crippen LogP contribution in [0.4, 0.5) is 8.78 Å². The van der Waals surface area contributed by atoms with Gasteiger partial charge < -0.3 is 5.11 Å². The molecule has 0 saturated heterocycles. The van der Waals surface area contributed by atoms with Crippen molar-refractivity contribution in [3.8, 4) is 16.9 Å². The molecule has 2 aromatic carbocycles. The number of halogens is 2. The van der Waals surface area contributed by atoms with E-state index in [2.05, 4.69) is 0 Å². The summed E-state index contributed by atoms with van der Waals surface area (Å²) in [7, 11) is 0. The Kier molecular flexibility index (Phi) is 2.37. The van der Waals surface area contributed by atoms with Crippen molar-refractivity contribution in [3.63, 3.8) is 0 Å². The number of aromatic hydroxyl groups is 1. The van der Waals surface area contributed by atoms with Crippen molar-refractivity contribution in [1.82, 2.24) is 0 Å². The number of hydrogen-bond donors (Lipinski definition) is 1. The normalized spacial score (nSPS) is 10.3. The lowest BCUT2D eigenvalue weighted by atomic mass is 10.0. The van der Waals surface area contributed by atoms with Crippen LogP contribution >= 0.6 is 0 Å². The summed E-state index contributed by atoms with van der Waals surface area (Å²) in [5.41, 5.74) is 0.738. The molecule has 0 amide bonds. The van der Waals surface area contributed by atoms with E-state index in [1.54, 1.807) is 18.2 Å². The lowest BCUT2D eigenvalue weighted by molar-refractivity contribution is 0.477. The molecule has 0 aliphatic rings. The summed E-state index contributed by atoms with van der Waals surface area (Å²) in [6.45, 7) is 0. The van der Waals surface area contributed by atoms with E-state index in [-0.39, 0.29) is 5.75 Å². The van der Waals surface area contributed by atoms with Crippen LogP contribution in [-0.2, 0) is 0 Å². The zero-order valence-corrected chi connectivity index (χ0v) is 7.74. The van der Waals surface area contributed by atoms with Crippen LogP contribution in [0.3, 0.4) is 0 Å². The number of hydrogen-bond acceptors (Lipinski definition) is 1. The fraction of sp³-hybridized carbons (Fsp3) is 0. The Hall–Kier alpha value is -1.90. The molecular formula is C12H8F2O. The van der Waals surface area contributed by atoms with Crippen molar-refractivity contribution in [2.75, 3.05) is 0 Å². The Balaban J connectivity index is 2.59. The number of rotatable bonds is 1. The summed E-state index contributed by atoms with van der Waals surface area (Å²) in [5.74, 6) is -1.32. The first-order valence-electron chi connectivity index (χ1n) is 4.41. The molecule has 0 saturated carbocycles. The van der Waals surface area contributed by atoms with Crippen molar-refractivity contribution in [2.24, 2.45) is 0 Å². The second kappa shape index (κ2) is 3.69. The highest BCUT2D eigenvalue weighted by atomic mass is 19.1. The van der Waals surface area contributed by atoms with Crippen molar-refractivity contribution in [3.05, 3.63) is 54.1 Å². The van der Waals surface area contributed by atoms with Crippen LogP contribution in [0.1, 0.15) is 0 Å². The molecule has 0 atom stereocenters. The standard InChI is InChI=1S/C12H8F2O/c13-9-5-8(6-10(14)7-9)11-3-1-2-4-12(11)15/h1-7,15H. The predicted molar refractivity (Wildman–Crippen MR) is 53.5 cm³/mol. The molecule has 0 bridgehead atoms. The highest BCUT2D eigenvalue weighted by Crippen LogP contribution is 2.29. The quantitative estimate of drug-likeness (QED) is 0.758. The van der Waals surface area contributed by atoms with Crippen LogP contribution < -0.4 is 0 Å². The molecule has 0 aliphatic carbocycles. The van der Waals surface area contributed by atoms with E-state index < -0.39 is 11.6 Å². The molecular weight excluding hydrogens is 198 g/mol. The summed E-state index contributed by atoms with van der Waals surface area (Å²) in [6, 6.07) is 9.56. The number of benzene rings is 2. The fourth-order valence-corrected chi connectivity index (χ4v) is 1.43. The van der Waals surface area contributed by atoms with E-state index >= 15 is 0 Å². The average Bonchev–Trinajstić information content (AvgIpc) is 2.16. The lowest BCUT2D eigenvalue weighted by Gasteiger charge is -2.04. The second-order valence-electron chi connectivity index (χ2n) is 3.18. The van der Waals surface area contributed by atoms with Crippen molar-refractivity contribution in [1.29, 1.82) is 0 Å². The van der Waals surface area contributed by atoms with Gasteiger partial charge in [0.05, 0.1) is 0 Å². The van der Waals surface area contributed by atoms with Crippen LogP contribution in [0.25, 0.3) is 11.1 Å². The third-order valence-electron chi connectivity index (χ3n) is 2.08. The highest BCUT2D eigenvalue weighted by Gasteiger charge is 2.06. The third-order valence-corrected chi connectivity index (χ3v) is 2.08. The predicted octanol–water partition coefficient (Wildman–Crippen LogP) is 3.34. The van der Waals surface area contributed by atoms with Gasteiger partial charge >= 0.3 is 0 Å². The molecule has 1 N–H and O–H groups in total. The summed E-state index contributed by atoms with van der Waals surface area (Å²) in [4.78, 5) is 0. The Morgan fingerprint density at radius 1 is 0.867 bits per heavy atom. The van der Waals surface area contributed by atoms with Gasteiger partial charge in [-0.15, -0.1) is 0 Å². The van der Waals surface area contributed by atoms with Gasteiger partial charge in [-0.05, 0) is 23.8 Å². The molecule has 0 aliphatic heterocycles. The number of phenols is 1. The number of phenolic OH excluding ortho intramolecular Hbond substituents is 1. The van der Waals surface area contributed by atoms with Crippen LogP contribution in [0.2, 0.25) is 0 Å². The Labute approximate surface area is 85.6 Å². The minimum atomic E-state index is -0.659. The lowest BCUT2D eigenvalue weighted by Crippen LogP contribution is -1.84. The molecule has 0 unspecified atom stereocenters. The van der Waals surface area contributed by atoms with Gasteiger partial charge in [-0.1, -0.05) is 18.2 Å². The van der Waals surface area contributed by atoms with Crippen LogP contribution in [-0.4, -0.2) is 5.11 Å². The zero-order valence-electron chi connectivity index (χ0n) is 7.74. The van der Waals surface area contributed by atoms with Crippen molar-refractivity contribution < 1.29 is 13.9 Å².